The number of carboxylic acid groups (broad SMARTS) is 1. The molecule has 2 N–H and O–H groups in total. The SMILES string of the molecule is CC(C)NC(C(=O)O)c1ccc(F)c(Cl)c1. The molecule has 0 bridgehead atoms. The molecule has 0 saturated carbocycles. The number of nitrogens with one attached hydrogen (secondary N) is 1. The van der Waals surface area contributed by atoms with Gasteiger partial charge in [0.1, 0.15) is 11.9 Å². The van der Waals surface area contributed by atoms with Crippen molar-refractivity contribution in [3.05, 3.63) is 34.6 Å². The van der Waals surface area contributed by atoms with Crippen LogP contribution in [0, 0.1) is 5.82 Å². The number of hydrogen-bond acceptors (Lipinski definition) is 2. The number of rotatable bonds is 4. The molecule has 1 aromatic carbocycles. The van der Waals surface area contributed by atoms with Gasteiger partial charge in [0.05, 0.1) is 5.02 Å². The van der Waals surface area contributed by atoms with Gasteiger partial charge < -0.3 is 5.11 Å². The van der Waals surface area contributed by atoms with Crippen LogP contribution < -0.4 is 5.32 Å². The van der Waals surface area contributed by atoms with Crippen molar-refractivity contribution >= 4 is 17.6 Å². The Bertz CT molecular complexity index is 396. The predicted molar refractivity (Wildman–Crippen MR) is 60.1 cm³/mol. The van der Waals surface area contributed by atoms with Crippen molar-refractivity contribution in [2.24, 2.45) is 0 Å². The summed E-state index contributed by atoms with van der Waals surface area (Å²) in [5, 5.41) is 11.8. The lowest BCUT2D eigenvalue weighted by molar-refractivity contribution is -0.139. The second kappa shape index (κ2) is 5.27. The van der Waals surface area contributed by atoms with Crippen molar-refractivity contribution in [2.45, 2.75) is 25.9 Å². The lowest BCUT2D eigenvalue weighted by atomic mass is 10.1. The minimum Gasteiger partial charge on any atom is -0.480 e. The molecule has 1 rings (SSSR count). The molecular formula is C11H13ClFNO2. The van der Waals surface area contributed by atoms with Gasteiger partial charge in [-0.2, -0.15) is 0 Å². The third-order valence-corrected chi connectivity index (χ3v) is 2.31. The second-order valence-electron chi connectivity index (χ2n) is 3.77. The van der Waals surface area contributed by atoms with Crippen LogP contribution in [0.2, 0.25) is 5.02 Å². The summed E-state index contributed by atoms with van der Waals surface area (Å²) in [5.41, 5.74) is 0.438. The Labute approximate surface area is 98.2 Å². The van der Waals surface area contributed by atoms with Gasteiger partial charge in [0, 0.05) is 6.04 Å². The minimum absolute atomic E-state index is 0.00456. The Kier molecular flexibility index (Phi) is 4.26. The molecule has 0 aliphatic rings. The zero-order chi connectivity index (χ0) is 12.3. The van der Waals surface area contributed by atoms with E-state index in [4.69, 9.17) is 16.7 Å². The van der Waals surface area contributed by atoms with Gasteiger partial charge in [0.25, 0.3) is 0 Å². The van der Waals surface area contributed by atoms with Gasteiger partial charge in [-0.05, 0) is 31.5 Å². The molecule has 0 heterocycles. The molecule has 1 unspecified atom stereocenters. The number of benzene rings is 1. The monoisotopic (exact) mass is 245 g/mol. The maximum Gasteiger partial charge on any atom is 0.325 e. The molecule has 0 aromatic heterocycles. The first-order valence-electron chi connectivity index (χ1n) is 4.85. The van der Waals surface area contributed by atoms with E-state index in [-0.39, 0.29) is 11.1 Å². The van der Waals surface area contributed by atoms with Gasteiger partial charge in [0.15, 0.2) is 0 Å². The lowest BCUT2D eigenvalue weighted by Gasteiger charge is -2.17. The molecule has 0 fully saturated rings. The molecule has 1 aromatic rings. The second-order valence-corrected chi connectivity index (χ2v) is 4.17. The van der Waals surface area contributed by atoms with Crippen LogP contribution in [0.25, 0.3) is 0 Å². The summed E-state index contributed by atoms with van der Waals surface area (Å²) in [4.78, 5) is 11.0. The first-order valence-corrected chi connectivity index (χ1v) is 5.23. The molecule has 0 radical (unpaired) electrons. The van der Waals surface area contributed by atoms with Gasteiger partial charge in [-0.25, -0.2) is 4.39 Å². The predicted octanol–water partition coefficient (Wildman–Crippen LogP) is 2.60. The van der Waals surface area contributed by atoms with Crippen LogP contribution in [-0.2, 0) is 4.79 Å². The third-order valence-electron chi connectivity index (χ3n) is 2.02. The quantitative estimate of drug-likeness (QED) is 0.857. The molecule has 88 valence electrons. The van der Waals surface area contributed by atoms with Crippen molar-refractivity contribution in [1.82, 2.24) is 5.32 Å². The van der Waals surface area contributed by atoms with Gasteiger partial charge in [0.2, 0.25) is 0 Å². The van der Waals surface area contributed by atoms with E-state index in [2.05, 4.69) is 5.32 Å². The first kappa shape index (κ1) is 12.9. The maximum atomic E-state index is 12.9. The van der Waals surface area contributed by atoms with Crippen LogP contribution >= 0.6 is 11.6 Å². The third kappa shape index (κ3) is 3.18. The Morgan fingerprint density at radius 3 is 2.56 bits per heavy atom. The highest BCUT2D eigenvalue weighted by atomic mass is 35.5. The highest BCUT2D eigenvalue weighted by Crippen LogP contribution is 2.21. The Balaban J connectivity index is 3.01. The van der Waals surface area contributed by atoms with Crippen molar-refractivity contribution < 1.29 is 14.3 Å². The molecule has 0 aliphatic heterocycles. The van der Waals surface area contributed by atoms with Gasteiger partial charge in [-0.3, -0.25) is 10.1 Å². The number of halogens is 2. The molecule has 0 amide bonds. The topological polar surface area (TPSA) is 49.3 Å². The number of hydrogen-bond donors (Lipinski definition) is 2. The Morgan fingerprint density at radius 1 is 1.50 bits per heavy atom. The fraction of sp³-hybridized carbons (Fsp3) is 0.364. The van der Waals surface area contributed by atoms with Crippen LogP contribution in [-0.4, -0.2) is 17.1 Å². The van der Waals surface area contributed by atoms with E-state index in [1.807, 2.05) is 13.8 Å². The fourth-order valence-corrected chi connectivity index (χ4v) is 1.52. The fourth-order valence-electron chi connectivity index (χ4n) is 1.34. The van der Waals surface area contributed by atoms with Gasteiger partial charge in [-0.15, -0.1) is 0 Å². The highest BCUT2D eigenvalue weighted by molar-refractivity contribution is 6.30. The van der Waals surface area contributed by atoms with Crippen LogP contribution in [0.1, 0.15) is 25.5 Å². The molecule has 3 nitrogen and oxygen atoms in total. The smallest absolute Gasteiger partial charge is 0.325 e. The maximum absolute atomic E-state index is 12.9. The molecule has 0 spiro atoms. The van der Waals surface area contributed by atoms with Crippen molar-refractivity contribution in [2.75, 3.05) is 0 Å². The summed E-state index contributed by atoms with van der Waals surface area (Å²) in [5.74, 6) is -1.57. The number of carbonyl (C=O) groups is 1. The van der Waals surface area contributed by atoms with E-state index >= 15 is 0 Å². The molecule has 1 atom stereocenters. The zero-order valence-electron chi connectivity index (χ0n) is 9.00. The van der Waals surface area contributed by atoms with Crippen LogP contribution in [0.15, 0.2) is 18.2 Å². The summed E-state index contributed by atoms with van der Waals surface area (Å²) in [6.45, 7) is 3.67. The summed E-state index contributed by atoms with van der Waals surface area (Å²) in [6.07, 6.45) is 0. The largest absolute Gasteiger partial charge is 0.480 e. The summed E-state index contributed by atoms with van der Waals surface area (Å²) in [6, 6.07) is 3.03. The highest BCUT2D eigenvalue weighted by Gasteiger charge is 2.21. The summed E-state index contributed by atoms with van der Waals surface area (Å²) in [7, 11) is 0. The van der Waals surface area contributed by atoms with E-state index in [0.29, 0.717) is 5.56 Å². The lowest BCUT2D eigenvalue weighted by Crippen LogP contribution is -2.33. The summed E-state index contributed by atoms with van der Waals surface area (Å²) >= 11 is 5.60. The van der Waals surface area contributed by atoms with E-state index in [1.54, 1.807) is 0 Å². The average Bonchev–Trinajstić information content (AvgIpc) is 2.18. The van der Waals surface area contributed by atoms with Crippen molar-refractivity contribution in [3.63, 3.8) is 0 Å². The molecule has 0 aliphatic carbocycles. The number of carboxylic acids is 1. The molecular weight excluding hydrogens is 233 g/mol. The normalized spacial score (nSPS) is 12.8. The minimum atomic E-state index is -1.02. The summed E-state index contributed by atoms with van der Waals surface area (Å²) < 4.78 is 12.9. The Hall–Kier alpha value is -1.13. The standard InChI is InChI=1S/C11H13ClFNO2/c1-6(2)14-10(11(15)16)7-3-4-9(13)8(12)5-7/h3-6,10,14H,1-2H3,(H,15,16). The Morgan fingerprint density at radius 2 is 2.12 bits per heavy atom. The molecule has 16 heavy (non-hydrogen) atoms. The van der Waals surface area contributed by atoms with Crippen LogP contribution in [0.4, 0.5) is 4.39 Å². The zero-order valence-corrected chi connectivity index (χ0v) is 9.75. The van der Waals surface area contributed by atoms with Gasteiger partial charge >= 0.3 is 5.97 Å². The van der Waals surface area contributed by atoms with Crippen molar-refractivity contribution in [3.8, 4) is 0 Å². The van der Waals surface area contributed by atoms with E-state index in [0.717, 1.165) is 6.07 Å². The van der Waals surface area contributed by atoms with E-state index in [1.165, 1.54) is 12.1 Å². The molecule has 5 heteroatoms. The first-order chi connectivity index (χ1) is 7.41. The van der Waals surface area contributed by atoms with E-state index < -0.39 is 17.8 Å². The molecule has 0 saturated heterocycles. The van der Waals surface area contributed by atoms with Crippen molar-refractivity contribution in [1.29, 1.82) is 0 Å². The number of aliphatic carboxylic acids is 1. The van der Waals surface area contributed by atoms with Gasteiger partial charge in [-0.1, -0.05) is 17.7 Å². The average molecular weight is 246 g/mol. The van der Waals surface area contributed by atoms with E-state index in [9.17, 15) is 9.18 Å². The van der Waals surface area contributed by atoms with Crippen LogP contribution in [0.5, 0.6) is 0 Å². The van der Waals surface area contributed by atoms with Crippen LogP contribution in [0.3, 0.4) is 0 Å².